The van der Waals surface area contributed by atoms with Crippen LogP contribution in [0.2, 0.25) is 0 Å². The Hall–Kier alpha value is -2.92. The summed E-state index contributed by atoms with van der Waals surface area (Å²) in [6.45, 7) is 1.56. The molecule has 1 aliphatic rings. The van der Waals surface area contributed by atoms with Crippen molar-refractivity contribution in [1.82, 2.24) is 0 Å². The maximum Gasteiger partial charge on any atom is 0.330 e. The Kier molecular flexibility index (Phi) is 4.54. The van der Waals surface area contributed by atoms with Crippen LogP contribution in [0, 0.1) is 0 Å². The van der Waals surface area contributed by atoms with Gasteiger partial charge in [0.25, 0.3) is 0 Å². The van der Waals surface area contributed by atoms with Gasteiger partial charge in [0, 0.05) is 15.2 Å². The molecule has 27 heavy (non-hydrogen) atoms. The molecular weight excluding hydrogens is 360 g/mol. The number of thiophene rings is 1. The molecule has 0 saturated heterocycles. The van der Waals surface area contributed by atoms with Gasteiger partial charge >= 0.3 is 5.97 Å². The minimum absolute atomic E-state index is 0.0551. The number of rotatable bonds is 4. The highest BCUT2D eigenvalue weighted by Gasteiger charge is 2.30. The first-order chi connectivity index (χ1) is 13.0. The predicted octanol–water partition coefficient (Wildman–Crippen LogP) is 5.18. The fourth-order valence-corrected chi connectivity index (χ4v) is 4.33. The SMILES string of the molecule is C/C(=C\Cc1cccc2c1OC(c1cc3ccccc3s1)CC2=O)C(=O)O. The first-order valence-electron chi connectivity index (χ1n) is 8.73. The van der Waals surface area contributed by atoms with Gasteiger partial charge < -0.3 is 9.84 Å². The summed E-state index contributed by atoms with van der Waals surface area (Å²) < 4.78 is 7.42. The molecule has 0 radical (unpaired) electrons. The van der Waals surface area contributed by atoms with Crippen LogP contribution in [-0.2, 0) is 11.2 Å². The van der Waals surface area contributed by atoms with Gasteiger partial charge in [0.1, 0.15) is 11.9 Å². The third-order valence-electron chi connectivity index (χ3n) is 4.76. The van der Waals surface area contributed by atoms with Crippen molar-refractivity contribution in [3.05, 3.63) is 76.2 Å². The van der Waals surface area contributed by atoms with Crippen LogP contribution in [-0.4, -0.2) is 16.9 Å². The third-order valence-corrected chi connectivity index (χ3v) is 5.96. The predicted molar refractivity (Wildman–Crippen MR) is 106 cm³/mol. The number of ketones is 1. The Morgan fingerprint density at radius 2 is 2.07 bits per heavy atom. The second-order valence-electron chi connectivity index (χ2n) is 6.61. The molecule has 1 N–H and O–H groups in total. The Morgan fingerprint density at radius 3 is 2.85 bits per heavy atom. The minimum atomic E-state index is -0.944. The smallest absolute Gasteiger partial charge is 0.330 e. The number of hydrogen-bond donors (Lipinski definition) is 1. The second-order valence-corrected chi connectivity index (χ2v) is 7.73. The number of carboxylic acid groups (broad SMARTS) is 1. The molecule has 0 spiro atoms. The molecule has 2 heterocycles. The van der Waals surface area contributed by atoms with E-state index in [0.29, 0.717) is 24.2 Å². The van der Waals surface area contributed by atoms with Gasteiger partial charge in [0.15, 0.2) is 5.78 Å². The molecule has 5 heteroatoms. The average Bonchev–Trinajstić information content (AvgIpc) is 3.10. The van der Waals surface area contributed by atoms with E-state index in [0.717, 1.165) is 15.8 Å². The molecule has 0 fully saturated rings. The van der Waals surface area contributed by atoms with Crippen LogP contribution in [0.1, 0.15) is 40.2 Å². The fourth-order valence-electron chi connectivity index (χ4n) is 3.24. The van der Waals surface area contributed by atoms with Crippen molar-refractivity contribution < 1.29 is 19.4 Å². The Morgan fingerprint density at radius 1 is 1.26 bits per heavy atom. The Labute approximate surface area is 160 Å². The van der Waals surface area contributed by atoms with Crippen LogP contribution in [0.4, 0.5) is 0 Å². The number of ether oxygens (including phenoxy) is 1. The van der Waals surface area contributed by atoms with Gasteiger partial charge in [-0.15, -0.1) is 11.3 Å². The van der Waals surface area contributed by atoms with E-state index in [9.17, 15) is 9.59 Å². The van der Waals surface area contributed by atoms with Gasteiger partial charge in [-0.05, 0) is 42.5 Å². The molecule has 1 unspecified atom stereocenters. The molecule has 1 atom stereocenters. The van der Waals surface area contributed by atoms with E-state index in [-0.39, 0.29) is 17.5 Å². The summed E-state index contributed by atoms with van der Waals surface area (Å²) in [5.74, 6) is -0.315. The van der Waals surface area contributed by atoms with E-state index >= 15 is 0 Å². The Bertz CT molecular complexity index is 1040. The normalized spacial score (nSPS) is 16.9. The highest BCUT2D eigenvalue weighted by molar-refractivity contribution is 7.19. The van der Waals surface area contributed by atoms with Gasteiger partial charge in [-0.2, -0.15) is 0 Å². The summed E-state index contributed by atoms with van der Waals surface area (Å²) in [4.78, 5) is 24.8. The lowest BCUT2D eigenvalue weighted by Crippen LogP contribution is -2.20. The number of para-hydroxylation sites is 1. The quantitative estimate of drug-likeness (QED) is 0.635. The average molecular weight is 378 g/mol. The van der Waals surface area contributed by atoms with Gasteiger partial charge in [-0.3, -0.25) is 4.79 Å². The molecule has 0 saturated carbocycles. The highest BCUT2D eigenvalue weighted by atomic mass is 32.1. The Balaban J connectivity index is 1.68. The zero-order valence-corrected chi connectivity index (χ0v) is 15.6. The number of aliphatic carboxylic acids is 1. The molecule has 136 valence electrons. The number of benzene rings is 2. The van der Waals surface area contributed by atoms with Crippen molar-refractivity contribution in [2.24, 2.45) is 0 Å². The van der Waals surface area contributed by atoms with E-state index in [1.807, 2.05) is 24.3 Å². The van der Waals surface area contributed by atoms with Crippen LogP contribution >= 0.6 is 11.3 Å². The van der Waals surface area contributed by atoms with Crippen molar-refractivity contribution in [1.29, 1.82) is 0 Å². The fraction of sp³-hybridized carbons (Fsp3) is 0.182. The van der Waals surface area contributed by atoms with Gasteiger partial charge in [0.2, 0.25) is 0 Å². The molecule has 4 nitrogen and oxygen atoms in total. The third kappa shape index (κ3) is 3.38. The number of Topliss-reactive ketones (excluding diaryl/α,β-unsaturated/α-hetero) is 1. The van der Waals surface area contributed by atoms with Crippen molar-refractivity contribution in [3.8, 4) is 5.75 Å². The first-order valence-corrected chi connectivity index (χ1v) is 9.55. The van der Waals surface area contributed by atoms with Gasteiger partial charge in [-0.25, -0.2) is 4.79 Å². The monoisotopic (exact) mass is 378 g/mol. The molecule has 1 aliphatic heterocycles. The maximum atomic E-state index is 12.7. The molecule has 2 aromatic carbocycles. The van der Waals surface area contributed by atoms with Crippen molar-refractivity contribution in [2.75, 3.05) is 0 Å². The van der Waals surface area contributed by atoms with E-state index < -0.39 is 5.97 Å². The molecule has 3 aromatic rings. The van der Waals surface area contributed by atoms with E-state index in [2.05, 4.69) is 18.2 Å². The van der Waals surface area contributed by atoms with Crippen molar-refractivity contribution >= 4 is 33.2 Å². The van der Waals surface area contributed by atoms with Crippen LogP contribution in [0.25, 0.3) is 10.1 Å². The number of carbonyl (C=O) groups is 2. The number of carboxylic acids is 1. The van der Waals surface area contributed by atoms with Crippen LogP contribution in [0.3, 0.4) is 0 Å². The molecule has 0 aliphatic carbocycles. The zero-order chi connectivity index (χ0) is 19.0. The summed E-state index contributed by atoms with van der Waals surface area (Å²) in [6.07, 6.45) is 2.06. The van der Waals surface area contributed by atoms with Crippen LogP contribution < -0.4 is 4.74 Å². The summed E-state index contributed by atoms with van der Waals surface area (Å²) >= 11 is 1.64. The molecule has 0 bridgehead atoms. The lowest BCUT2D eigenvalue weighted by Gasteiger charge is -2.26. The molecule has 1 aromatic heterocycles. The van der Waals surface area contributed by atoms with E-state index in [4.69, 9.17) is 9.84 Å². The minimum Gasteiger partial charge on any atom is -0.483 e. The number of fused-ring (bicyclic) bond motifs is 2. The van der Waals surface area contributed by atoms with Crippen molar-refractivity contribution in [3.63, 3.8) is 0 Å². The molecule has 4 rings (SSSR count). The topological polar surface area (TPSA) is 63.6 Å². The summed E-state index contributed by atoms with van der Waals surface area (Å²) in [5.41, 5.74) is 1.68. The van der Waals surface area contributed by atoms with E-state index in [1.54, 1.807) is 30.4 Å². The van der Waals surface area contributed by atoms with Crippen LogP contribution in [0.5, 0.6) is 5.75 Å². The number of allylic oxidation sites excluding steroid dienone is 1. The second kappa shape index (κ2) is 7.00. The summed E-state index contributed by atoms with van der Waals surface area (Å²) in [7, 11) is 0. The number of carbonyl (C=O) groups excluding carboxylic acids is 1. The lowest BCUT2D eigenvalue weighted by atomic mass is 9.95. The highest BCUT2D eigenvalue weighted by Crippen LogP contribution is 2.41. The van der Waals surface area contributed by atoms with Crippen LogP contribution in [0.15, 0.2) is 60.2 Å². The number of hydrogen-bond acceptors (Lipinski definition) is 4. The van der Waals surface area contributed by atoms with E-state index in [1.165, 1.54) is 4.70 Å². The zero-order valence-electron chi connectivity index (χ0n) is 14.8. The molecule has 0 amide bonds. The molecular formula is C22H18O4S. The largest absolute Gasteiger partial charge is 0.483 e. The first kappa shape index (κ1) is 17.5. The maximum absolute atomic E-state index is 12.7. The van der Waals surface area contributed by atoms with Gasteiger partial charge in [-0.1, -0.05) is 36.4 Å². The van der Waals surface area contributed by atoms with Crippen molar-refractivity contribution in [2.45, 2.75) is 25.9 Å². The summed E-state index contributed by atoms with van der Waals surface area (Å²) in [6, 6.07) is 15.7. The lowest BCUT2D eigenvalue weighted by molar-refractivity contribution is -0.132. The summed E-state index contributed by atoms with van der Waals surface area (Å²) in [5, 5.41) is 10.2. The van der Waals surface area contributed by atoms with Gasteiger partial charge in [0.05, 0.1) is 12.0 Å². The standard InChI is InChI=1S/C22H18O4S/c1-13(22(24)25)9-10-14-6-4-7-16-17(23)12-18(26-21(14)16)20-11-15-5-2-3-8-19(15)27-20/h2-9,11,18H,10,12H2,1H3,(H,24,25)/b13-9+.